The normalized spacial score (nSPS) is 16.6. The number of benzene rings is 2. The van der Waals surface area contributed by atoms with Gasteiger partial charge >= 0.3 is 12.1 Å². The van der Waals surface area contributed by atoms with Crippen LogP contribution in [-0.2, 0) is 44.2 Å². The van der Waals surface area contributed by atoms with E-state index in [1.165, 1.54) is 24.3 Å². The van der Waals surface area contributed by atoms with E-state index in [0.29, 0.717) is 57.0 Å². The Kier molecular flexibility index (Phi) is 13.1. The van der Waals surface area contributed by atoms with E-state index in [0.717, 1.165) is 6.07 Å². The molecule has 3 aromatic rings. The predicted octanol–water partition coefficient (Wildman–Crippen LogP) is 3.44. The van der Waals surface area contributed by atoms with Gasteiger partial charge in [0.2, 0.25) is 5.91 Å². The van der Waals surface area contributed by atoms with Crippen molar-refractivity contribution in [2.75, 3.05) is 73.2 Å². The first-order chi connectivity index (χ1) is 22.2. The van der Waals surface area contributed by atoms with Crippen LogP contribution in [0.25, 0.3) is 22.0 Å². The summed E-state index contributed by atoms with van der Waals surface area (Å²) in [7, 11) is 1.60. The molecule has 2 heterocycles. The summed E-state index contributed by atoms with van der Waals surface area (Å²) in [6, 6.07) is 10.9. The van der Waals surface area contributed by atoms with Crippen molar-refractivity contribution in [3.8, 4) is 11.3 Å². The molecule has 1 aromatic heterocycles. The molecule has 1 unspecified atom stereocenters. The number of amides is 1. The molecule has 11 nitrogen and oxygen atoms in total. The number of methoxy groups -OCH3 is 1. The number of rotatable bonds is 18. The number of carbonyl (C=O) groups excluding carboxylic acids is 2. The first-order valence-electron chi connectivity index (χ1n) is 14.8. The molecular formula is C32H37F3N2O9. The van der Waals surface area contributed by atoms with Gasteiger partial charge in [0, 0.05) is 23.8 Å². The number of aromatic amines is 1. The number of halogens is 3. The number of esters is 1. The van der Waals surface area contributed by atoms with Gasteiger partial charge in [-0.3, -0.25) is 9.59 Å². The van der Waals surface area contributed by atoms with Crippen molar-refractivity contribution >= 4 is 22.6 Å². The number of ether oxygens (including phenoxy) is 6. The van der Waals surface area contributed by atoms with Crippen LogP contribution >= 0.6 is 0 Å². The lowest BCUT2D eigenvalue weighted by Crippen LogP contribution is -2.31. The van der Waals surface area contributed by atoms with Crippen LogP contribution in [0.15, 0.2) is 53.3 Å². The third-order valence-electron chi connectivity index (χ3n) is 7.19. The van der Waals surface area contributed by atoms with Gasteiger partial charge in [0.25, 0.3) is 5.56 Å². The fourth-order valence-electron chi connectivity index (χ4n) is 4.95. The highest BCUT2D eigenvalue weighted by molar-refractivity contribution is 5.90. The van der Waals surface area contributed by atoms with E-state index in [9.17, 15) is 27.6 Å². The molecule has 2 aromatic carbocycles. The lowest BCUT2D eigenvalue weighted by atomic mass is 9.93. The van der Waals surface area contributed by atoms with Crippen molar-refractivity contribution in [3.05, 3.63) is 70.0 Å². The molecule has 0 spiro atoms. The van der Waals surface area contributed by atoms with Crippen LogP contribution in [-0.4, -0.2) is 96.1 Å². The van der Waals surface area contributed by atoms with Crippen LogP contribution in [0.5, 0.6) is 0 Å². The summed E-state index contributed by atoms with van der Waals surface area (Å²) in [5.41, 5.74) is -0.964. The molecule has 0 bridgehead atoms. The number of carbonyl (C=O) groups is 2. The van der Waals surface area contributed by atoms with Crippen molar-refractivity contribution in [1.82, 2.24) is 10.3 Å². The van der Waals surface area contributed by atoms with Crippen molar-refractivity contribution < 1.29 is 51.2 Å². The van der Waals surface area contributed by atoms with Crippen LogP contribution < -0.4 is 10.9 Å². The molecule has 1 aliphatic heterocycles. The molecule has 0 radical (unpaired) electrons. The summed E-state index contributed by atoms with van der Waals surface area (Å²) in [6.45, 7) is 2.89. The zero-order chi connectivity index (χ0) is 32.9. The zero-order valence-corrected chi connectivity index (χ0v) is 25.4. The summed E-state index contributed by atoms with van der Waals surface area (Å²) < 4.78 is 72.0. The topological polar surface area (TPSA) is 134 Å². The second kappa shape index (κ2) is 17.2. The Morgan fingerprint density at radius 3 is 2.20 bits per heavy atom. The van der Waals surface area contributed by atoms with Crippen molar-refractivity contribution in [3.63, 3.8) is 0 Å². The highest BCUT2D eigenvalue weighted by Crippen LogP contribution is 2.37. The van der Waals surface area contributed by atoms with Crippen LogP contribution in [0.2, 0.25) is 0 Å². The number of H-pyrrole nitrogens is 1. The molecule has 46 heavy (non-hydrogen) atoms. The molecular weight excluding hydrogens is 613 g/mol. The first kappa shape index (κ1) is 35.0. The minimum Gasteiger partial charge on any atom is -0.462 e. The Morgan fingerprint density at radius 1 is 0.870 bits per heavy atom. The van der Waals surface area contributed by atoms with Crippen LogP contribution in [0, 0.1) is 0 Å². The Bertz CT molecular complexity index is 1510. The Hall–Kier alpha value is -3.82. The van der Waals surface area contributed by atoms with E-state index >= 15 is 0 Å². The van der Waals surface area contributed by atoms with Gasteiger partial charge < -0.3 is 38.7 Å². The highest BCUT2D eigenvalue weighted by Gasteiger charge is 2.35. The fraction of sp³-hybridized carbons (Fsp3) is 0.469. The Labute approximate surface area is 263 Å². The smallest absolute Gasteiger partial charge is 0.417 e. The summed E-state index contributed by atoms with van der Waals surface area (Å²) in [4.78, 5) is 40.3. The number of nitrogens with one attached hydrogen (secondary N) is 2. The molecule has 0 aliphatic carbocycles. The van der Waals surface area contributed by atoms with E-state index in [4.69, 9.17) is 28.4 Å². The zero-order valence-electron chi connectivity index (χ0n) is 25.4. The summed E-state index contributed by atoms with van der Waals surface area (Å²) >= 11 is 0. The molecule has 1 fully saturated rings. The number of alkyl halides is 3. The minimum atomic E-state index is -4.59. The van der Waals surface area contributed by atoms with Crippen LogP contribution in [0.1, 0.15) is 23.5 Å². The minimum absolute atomic E-state index is 0.0382. The second-order valence-corrected chi connectivity index (χ2v) is 10.5. The van der Waals surface area contributed by atoms with E-state index in [1.54, 1.807) is 25.3 Å². The molecule has 1 amide bonds. The number of hydrogen-bond acceptors (Lipinski definition) is 9. The average molecular weight is 651 g/mol. The Balaban J connectivity index is 1.19. The molecule has 14 heteroatoms. The molecule has 2 atom stereocenters. The number of fused-ring (bicyclic) bond motifs is 1. The van der Waals surface area contributed by atoms with Crippen molar-refractivity contribution in [2.24, 2.45) is 0 Å². The lowest BCUT2D eigenvalue weighted by molar-refractivity contribution is -0.150. The van der Waals surface area contributed by atoms with Gasteiger partial charge in [-0.15, -0.1) is 0 Å². The maximum absolute atomic E-state index is 13.5. The van der Waals surface area contributed by atoms with Gasteiger partial charge in [-0.05, 0) is 35.6 Å². The van der Waals surface area contributed by atoms with Crippen molar-refractivity contribution in [1.29, 1.82) is 0 Å². The maximum atomic E-state index is 13.5. The quantitative estimate of drug-likeness (QED) is 0.157. The van der Waals surface area contributed by atoms with Crippen molar-refractivity contribution in [2.45, 2.75) is 24.6 Å². The summed E-state index contributed by atoms with van der Waals surface area (Å²) in [5, 5.41) is 3.47. The standard InChI is InChI=1S/C32H37F3N2O9/c1-41-8-9-42-10-11-43-12-13-44-14-15-45-20-29(38)46-19-23-18-26(30(39)36-23)21-6-7-22-17-28(37-31(40)25(22)16-21)24-4-2-3-5-27(24)32(33,34)35/h2-7,16-17,23,26H,8-15,18-20H2,1H3,(H,36,39)(H,37,40)/t23?,26-/m0/s1. The van der Waals surface area contributed by atoms with Gasteiger partial charge in [-0.2, -0.15) is 13.2 Å². The van der Waals surface area contributed by atoms with E-state index in [1.807, 2.05) is 0 Å². The molecule has 1 saturated heterocycles. The second-order valence-electron chi connectivity index (χ2n) is 10.5. The van der Waals surface area contributed by atoms with Gasteiger partial charge in [-0.25, -0.2) is 4.79 Å². The van der Waals surface area contributed by atoms with Gasteiger partial charge in [0.05, 0.1) is 70.4 Å². The van der Waals surface area contributed by atoms with Gasteiger partial charge in [-0.1, -0.05) is 30.3 Å². The van der Waals surface area contributed by atoms with Crippen LogP contribution in [0.4, 0.5) is 13.2 Å². The molecule has 0 saturated carbocycles. The fourth-order valence-corrected chi connectivity index (χ4v) is 4.95. The highest BCUT2D eigenvalue weighted by atomic mass is 19.4. The summed E-state index contributed by atoms with van der Waals surface area (Å²) in [6.07, 6.45) is -4.27. The monoisotopic (exact) mass is 650 g/mol. The van der Waals surface area contributed by atoms with Gasteiger partial charge in [0.1, 0.15) is 13.2 Å². The Morgan fingerprint density at radius 2 is 1.52 bits per heavy atom. The molecule has 4 rings (SSSR count). The number of hydrogen-bond donors (Lipinski definition) is 2. The third kappa shape index (κ3) is 10.1. The van der Waals surface area contributed by atoms with Gasteiger partial charge in [0.15, 0.2) is 0 Å². The molecule has 1 aliphatic rings. The SMILES string of the molecule is COCCOCCOCCOCCOCC(=O)OCC1C[C@@H](c2ccc3cc(-c4ccccc4C(F)(F)F)[nH]c(=O)c3c2)C(=O)N1. The number of pyridine rings is 1. The van der Waals surface area contributed by atoms with E-state index < -0.39 is 35.2 Å². The predicted molar refractivity (Wildman–Crippen MR) is 160 cm³/mol. The molecule has 2 N–H and O–H groups in total. The summed E-state index contributed by atoms with van der Waals surface area (Å²) in [5.74, 6) is -1.48. The van der Waals surface area contributed by atoms with E-state index in [-0.39, 0.29) is 49.0 Å². The lowest BCUT2D eigenvalue weighted by Gasteiger charge is -2.14. The van der Waals surface area contributed by atoms with E-state index in [2.05, 4.69) is 10.3 Å². The largest absolute Gasteiger partial charge is 0.462 e. The van der Waals surface area contributed by atoms with Crippen LogP contribution in [0.3, 0.4) is 0 Å². The number of aromatic nitrogens is 1. The maximum Gasteiger partial charge on any atom is 0.417 e. The molecule has 250 valence electrons. The first-order valence-corrected chi connectivity index (χ1v) is 14.8. The average Bonchev–Trinajstić information content (AvgIpc) is 3.41. The third-order valence-corrected chi connectivity index (χ3v) is 7.19.